The van der Waals surface area contributed by atoms with E-state index in [1.807, 2.05) is 43.1 Å². The molecule has 0 atom stereocenters. The van der Waals surface area contributed by atoms with Gasteiger partial charge in [-0.2, -0.15) is 0 Å². The van der Waals surface area contributed by atoms with Crippen molar-refractivity contribution in [1.29, 1.82) is 0 Å². The largest absolute Gasteiger partial charge is 0.361 e. The summed E-state index contributed by atoms with van der Waals surface area (Å²) >= 11 is 6.01. The van der Waals surface area contributed by atoms with Gasteiger partial charge in [0.05, 0.1) is 5.41 Å². The number of aromatic amines is 1. The average Bonchev–Trinajstić information content (AvgIpc) is 3.06. The molecule has 0 saturated carbocycles. The zero-order valence-corrected chi connectivity index (χ0v) is 12.6. The molecule has 0 spiro atoms. The van der Waals surface area contributed by atoms with Crippen LogP contribution in [-0.2, 0) is 10.2 Å². The van der Waals surface area contributed by atoms with Gasteiger partial charge in [0.15, 0.2) is 0 Å². The van der Waals surface area contributed by atoms with Crippen molar-refractivity contribution in [2.75, 3.05) is 13.1 Å². The zero-order chi connectivity index (χ0) is 14.3. The Labute approximate surface area is 123 Å². The number of carbonyl (C=O) groups excluding carboxylic acids is 1. The monoisotopic (exact) mass is 290 g/mol. The van der Waals surface area contributed by atoms with Gasteiger partial charge < -0.3 is 9.88 Å². The van der Waals surface area contributed by atoms with Crippen LogP contribution in [0.3, 0.4) is 0 Å². The Morgan fingerprint density at radius 2 is 2.00 bits per heavy atom. The maximum Gasteiger partial charge on any atom is 0.232 e. The number of amides is 1. The summed E-state index contributed by atoms with van der Waals surface area (Å²) in [5.41, 5.74) is 1.51. The Morgan fingerprint density at radius 3 is 2.70 bits per heavy atom. The molecule has 0 bridgehead atoms. The lowest BCUT2D eigenvalue weighted by atomic mass is 9.83. The molecule has 1 aromatic heterocycles. The van der Waals surface area contributed by atoms with Gasteiger partial charge in [-0.25, -0.2) is 0 Å². The number of H-pyrrole nitrogens is 1. The fourth-order valence-corrected chi connectivity index (χ4v) is 3.22. The van der Waals surface area contributed by atoms with Crippen molar-refractivity contribution in [2.45, 2.75) is 32.1 Å². The number of rotatable bonds is 2. The number of aromatic nitrogens is 1. The molecule has 1 aliphatic rings. The van der Waals surface area contributed by atoms with E-state index in [0.29, 0.717) is 5.02 Å². The smallest absolute Gasteiger partial charge is 0.232 e. The van der Waals surface area contributed by atoms with Gasteiger partial charge in [-0.3, -0.25) is 4.79 Å². The summed E-state index contributed by atoms with van der Waals surface area (Å²) < 4.78 is 0. The zero-order valence-electron chi connectivity index (χ0n) is 11.9. The van der Waals surface area contributed by atoms with E-state index < -0.39 is 5.41 Å². The summed E-state index contributed by atoms with van der Waals surface area (Å²) in [5.74, 6) is 0.214. The molecule has 0 unspecified atom stereocenters. The number of hydrogen-bond acceptors (Lipinski definition) is 1. The molecule has 1 fully saturated rings. The number of likely N-dealkylation sites (tertiary alicyclic amines) is 1. The predicted octanol–water partition coefficient (Wildman–Crippen LogP) is 3.72. The van der Waals surface area contributed by atoms with Gasteiger partial charge in [0, 0.05) is 35.2 Å². The van der Waals surface area contributed by atoms with E-state index in [1.54, 1.807) is 0 Å². The molecule has 3 rings (SSSR count). The van der Waals surface area contributed by atoms with Crippen LogP contribution >= 0.6 is 11.6 Å². The first-order valence-corrected chi connectivity index (χ1v) is 7.44. The molecule has 20 heavy (non-hydrogen) atoms. The van der Waals surface area contributed by atoms with Crippen LogP contribution < -0.4 is 0 Å². The van der Waals surface area contributed by atoms with E-state index in [-0.39, 0.29) is 5.91 Å². The maximum absolute atomic E-state index is 12.8. The minimum absolute atomic E-state index is 0.214. The summed E-state index contributed by atoms with van der Waals surface area (Å²) in [4.78, 5) is 18.0. The molecule has 1 amide bonds. The summed E-state index contributed by atoms with van der Waals surface area (Å²) in [6.45, 7) is 5.78. The van der Waals surface area contributed by atoms with E-state index >= 15 is 0 Å². The van der Waals surface area contributed by atoms with E-state index in [2.05, 4.69) is 4.98 Å². The van der Waals surface area contributed by atoms with Gasteiger partial charge >= 0.3 is 0 Å². The SMILES string of the molecule is CC(C)(C(=O)N1CCCC1)c1c[nH]c2cc(Cl)ccc12. The quantitative estimate of drug-likeness (QED) is 0.899. The van der Waals surface area contributed by atoms with E-state index in [4.69, 9.17) is 11.6 Å². The van der Waals surface area contributed by atoms with Crippen molar-refractivity contribution >= 4 is 28.4 Å². The third-order valence-corrected chi connectivity index (χ3v) is 4.48. The lowest BCUT2D eigenvalue weighted by molar-refractivity contribution is -0.135. The second-order valence-electron chi connectivity index (χ2n) is 6.02. The highest BCUT2D eigenvalue weighted by Crippen LogP contribution is 2.33. The number of benzene rings is 1. The molecule has 4 heteroatoms. The van der Waals surface area contributed by atoms with Gasteiger partial charge in [-0.05, 0) is 44.4 Å². The standard InChI is InChI=1S/C16H19ClN2O/c1-16(2,15(20)19-7-3-4-8-19)13-10-18-14-9-11(17)5-6-12(13)14/h5-6,9-10,18H,3-4,7-8H2,1-2H3. The fourth-order valence-electron chi connectivity index (χ4n) is 3.05. The third-order valence-electron chi connectivity index (χ3n) is 4.25. The molecule has 0 aliphatic carbocycles. The van der Waals surface area contributed by atoms with Crippen LogP contribution in [0.2, 0.25) is 5.02 Å². The van der Waals surface area contributed by atoms with Crippen molar-refractivity contribution in [3.8, 4) is 0 Å². The van der Waals surface area contributed by atoms with E-state index in [9.17, 15) is 4.79 Å². The van der Waals surface area contributed by atoms with E-state index in [1.165, 1.54) is 0 Å². The highest BCUT2D eigenvalue weighted by Gasteiger charge is 2.36. The first kappa shape index (κ1) is 13.5. The molecular formula is C16H19ClN2O. The maximum atomic E-state index is 12.8. The lowest BCUT2D eigenvalue weighted by Crippen LogP contribution is -2.41. The summed E-state index contributed by atoms with van der Waals surface area (Å²) in [5, 5.41) is 1.78. The van der Waals surface area contributed by atoms with Crippen LogP contribution in [0.15, 0.2) is 24.4 Å². The topological polar surface area (TPSA) is 36.1 Å². The minimum Gasteiger partial charge on any atom is -0.361 e. The third kappa shape index (κ3) is 2.10. The van der Waals surface area contributed by atoms with Crippen LogP contribution in [0.5, 0.6) is 0 Å². The van der Waals surface area contributed by atoms with Crippen LogP contribution in [0.4, 0.5) is 0 Å². The van der Waals surface area contributed by atoms with Crippen molar-refractivity contribution in [2.24, 2.45) is 0 Å². The Balaban J connectivity index is 2.02. The molecule has 1 aliphatic heterocycles. The van der Waals surface area contributed by atoms with Crippen LogP contribution in [0.1, 0.15) is 32.3 Å². The fraction of sp³-hybridized carbons (Fsp3) is 0.438. The molecule has 3 nitrogen and oxygen atoms in total. The normalized spacial score (nSPS) is 16.1. The lowest BCUT2D eigenvalue weighted by Gasteiger charge is -2.29. The van der Waals surface area contributed by atoms with Gasteiger partial charge in [-0.1, -0.05) is 17.7 Å². The Bertz CT molecular complexity index is 654. The number of nitrogens with zero attached hydrogens (tertiary/aromatic N) is 1. The van der Waals surface area contributed by atoms with Crippen molar-refractivity contribution < 1.29 is 4.79 Å². The first-order chi connectivity index (χ1) is 9.50. The number of hydrogen-bond donors (Lipinski definition) is 1. The number of carbonyl (C=O) groups is 1. The van der Waals surface area contributed by atoms with Gasteiger partial charge in [0.2, 0.25) is 5.91 Å². The molecule has 1 aromatic carbocycles. The van der Waals surface area contributed by atoms with Gasteiger partial charge in [0.1, 0.15) is 0 Å². The van der Waals surface area contributed by atoms with Crippen molar-refractivity contribution in [1.82, 2.24) is 9.88 Å². The molecule has 106 valence electrons. The minimum atomic E-state index is -0.517. The van der Waals surface area contributed by atoms with E-state index in [0.717, 1.165) is 42.4 Å². The van der Waals surface area contributed by atoms with Gasteiger partial charge in [-0.15, -0.1) is 0 Å². The Morgan fingerprint density at radius 1 is 1.30 bits per heavy atom. The number of fused-ring (bicyclic) bond motifs is 1. The summed E-state index contributed by atoms with van der Waals surface area (Å²) in [6, 6.07) is 5.76. The first-order valence-electron chi connectivity index (χ1n) is 7.06. The molecule has 2 heterocycles. The highest BCUT2D eigenvalue weighted by atomic mass is 35.5. The van der Waals surface area contributed by atoms with Crippen LogP contribution in [0.25, 0.3) is 10.9 Å². The van der Waals surface area contributed by atoms with Crippen LogP contribution in [0, 0.1) is 0 Å². The summed E-state index contributed by atoms with van der Waals surface area (Å²) in [7, 11) is 0. The average molecular weight is 291 g/mol. The Kier molecular flexibility index (Phi) is 3.25. The molecular weight excluding hydrogens is 272 g/mol. The second kappa shape index (κ2) is 4.81. The summed E-state index contributed by atoms with van der Waals surface area (Å²) in [6.07, 6.45) is 4.17. The molecule has 1 N–H and O–H groups in total. The molecule has 1 saturated heterocycles. The van der Waals surface area contributed by atoms with Crippen molar-refractivity contribution in [3.05, 3.63) is 35.0 Å². The predicted molar refractivity (Wildman–Crippen MR) is 82.1 cm³/mol. The van der Waals surface area contributed by atoms with Gasteiger partial charge in [0.25, 0.3) is 0 Å². The number of halogens is 1. The Hall–Kier alpha value is -1.48. The molecule has 2 aromatic rings. The second-order valence-corrected chi connectivity index (χ2v) is 6.45. The highest BCUT2D eigenvalue weighted by molar-refractivity contribution is 6.31. The number of nitrogens with one attached hydrogen (secondary N) is 1. The molecule has 0 radical (unpaired) electrons. The van der Waals surface area contributed by atoms with Crippen LogP contribution in [-0.4, -0.2) is 28.9 Å². The van der Waals surface area contributed by atoms with Crippen molar-refractivity contribution in [3.63, 3.8) is 0 Å².